The van der Waals surface area contributed by atoms with Crippen LogP contribution in [-0.2, 0) is 17.1 Å². The van der Waals surface area contributed by atoms with Crippen molar-refractivity contribution < 1.29 is 4.79 Å². The molecule has 0 saturated heterocycles. The second-order valence-electron chi connectivity index (χ2n) is 7.37. The normalized spacial score (nSPS) is 12.2. The van der Waals surface area contributed by atoms with Gasteiger partial charge in [-0.2, -0.15) is 0 Å². The lowest BCUT2D eigenvalue weighted by Crippen LogP contribution is -2.33. The second-order valence-corrected chi connectivity index (χ2v) is 10.6. The van der Waals surface area contributed by atoms with Gasteiger partial charge in [0.25, 0.3) is 0 Å². The van der Waals surface area contributed by atoms with Gasteiger partial charge in [0.05, 0.1) is 28.3 Å². The Labute approximate surface area is 200 Å². The number of aromatic nitrogens is 4. The summed E-state index contributed by atoms with van der Waals surface area (Å²) in [5, 5.41) is 12.6. The summed E-state index contributed by atoms with van der Waals surface area (Å²) in [6.07, 6.45) is 0.910. The smallest absolute Gasteiger partial charge is 0.230 e. The van der Waals surface area contributed by atoms with E-state index in [-0.39, 0.29) is 11.9 Å². The lowest BCUT2D eigenvalue weighted by atomic mass is 10.2. The maximum Gasteiger partial charge on any atom is 0.230 e. The number of carbonyl (C=O) groups excluding carboxylic acids is 1. The van der Waals surface area contributed by atoms with Crippen LogP contribution in [-0.4, -0.2) is 37.5 Å². The van der Waals surface area contributed by atoms with E-state index in [0.717, 1.165) is 27.3 Å². The highest BCUT2D eigenvalue weighted by Crippen LogP contribution is 2.32. The molecule has 1 atom stereocenters. The van der Waals surface area contributed by atoms with E-state index in [0.29, 0.717) is 18.1 Å². The number of nitrogens with one attached hydrogen (secondary N) is 1. The minimum atomic E-state index is 0.0176. The van der Waals surface area contributed by atoms with E-state index in [1.807, 2.05) is 43.3 Å². The molecule has 0 bridgehead atoms. The zero-order valence-corrected chi connectivity index (χ0v) is 20.5. The van der Waals surface area contributed by atoms with Gasteiger partial charge in [-0.05, 0) is 31.0 Å². The quantitative estimate of drug-likeness (QED) is 0.311. The molecule has 1 unspecified atom stereocenters. The fourth-order valence-corrected chi connectivity index (χ4v) is 5.82. The second kappa shape index (κ2) is 11.0. The summed E-state index contributed by atoms with van der Waals surface area (Å²) >= 11 is 4.79. The van der Waals surface area contributed by atoms with Gasteiger partial charge in [-0.1, -0.05) is 72.9 Å². The predicted octanol–water partition coefficient (Wildman–Crippen LogP) is 5.24. The lowest BCUT2D eigenvalue weighted by Gasteiger charge is -2.12. The Kier molecular flexibility index (Phi) is 7.83. The highest BCUT2D eigenvalue weighted by atomic mass is 32.2. The maximum atomic E-state index is 12.3. The molecule has 0 spiro atoms. The van der Waals surface area contributed by atoms with Crippen molar-refractivity contribution in [3.05, 3.63) is 66.0 Å². The number of carbonyl (C=O) groups is 1. The van der Waals surface area contributed by atoms with Gasteiger partial charge >= 0.3 is 0 Å². The molecule has 2 aromatic carbocycles. The summed E-state index contributed by atoms with van der Waals surface area (Å²) < 4.78 is 4.31. The van der Waals surface area contributed by atoms with Crippen LogP contribution in [0, 0.1) is 0 Å². The minimum absolute atomic E-state index is 0.0176. The average molecular weight is 484 g/mol. The number of rotatable bonds is 10. The molecule has 9 heteroatoms. The maximum absolute atomic E-state index is 12.3. The molecule has 4 rings (SSSR count). The number of para-hydroxylation sites is 1. The van der Waals surface area contributed by atoms with Crippen LogP contribution in [0.4, 0.5) is 0 Å². The summed E-state index contributed by atoms with van der Waals surface area (Å²) in [6.45, 7) is 4.74. The molecule has 0 fully saturated rings. The van der Waals surface area contributed by atoms with Gasteiger partial charge in [0, 0.05) is 6.04 Å². The molecule has 0 aliphatic rings. The number of benzene rings is 2. The van der Waals surface area contributed by atoms with Crippen molar-refractivity contribution in [1.82, 2.24) is 25.1 Å². The summed E-state index contributed by atoms with van der Waals surface area (Å²) in [4.78, 5) is 17.0. The summed E-state index contributed by atoms with van der Waals surface area (Å²) in [7, 11) is 0. The van der Waals surface area contributed by atoms with Gasteiger partial charge in [0.2, 0.25) is 5.91 Å². The van der Waals surface area contributed by atoms with Crippen LogP contribution in [0.25, 0.3) is 10.2 Å². The molecule has 32 heavy (non-hydrogen) atoms. The zero-order chi connectivity index (χ0) is 22.3. The van der Waals surface area contributed by atoms with Crippen LogP contribution in [0.1, 0.15) is 31.7 Å². The summed E-state index contributed by atoms with van der Waals surface area (Å²) in [6, 6.07) is 18.6. The Balaban J connectivity index is 1.49. The SMILES string of the molecule is CCC(C)NC(=O)CSc1nnc(CSc2nc3ccccc3s2)n1Cc1ccccc1. The first kappa shape index (κ1) is 22.8. The van der Waals surface area contributed by atoms with Gasteiger partial charge in [-0.15, -0.1) is 21.5 Å². The van der Waals surface area contributed by atoms with Gasteiger partial charge in [0.15, 0.2) is 9.50 Å². The Morgan fingerprint density at radius 3 is 2.66 bits per heavy atom. The molecule has 4 aromatic rings. The number of thioether (sulfide) groups is 2. The Morgan fingerprint density at radius 1 is 1.09 bits per heavy atom. The number of nitrogens with zero attached hydrogens (tertiary/aromatic N) is 4. The third-order valence-electron chi connectivity index (χ3n) is 4.93. The lowest BCUT2D eigenvalue weighted by molar-refractivity contribution is -0.119. The van der Waals surface area contributed by atoms with Crippen LogP contribution in [0.5, 0.6) is 0 Å². The van der Waals surface area contributed by atoms with E-state index in [2.05, 4.69) is 45.2 Å². The number of fused-ring (bicyclic) bond motifs is 1. The fraction of sp³-hybridized carbons (Fsp3) is 0.304. The average Bonchev–Trinajstić information content (AvgIpc) is 3.40. The van der Waals surface area contributed by atoms with E-state index in [9.17, 15) is 4.79 Å². The molecule has 2 aromatic heterocycles. The molecular formula is C23H25N5OS3. The molecule has 0 aliphatic carbocycles. The Morgan fingerprint density at radius 2 is 1.88 bits per heavy atom. The third kappa shape index (κ3) is 5.90. The van der Waals surface area contributed by atoms with E-state index < -0.39 is 0 Å². The molecular weight excluding hydrogens is 458 g/mol. The Bertz CT molecular complexity index is 1140. The fourth-order valence-electron chi connectivity index (χ4n) is 3.05. The first-order valence-electron chi connectivity index (χ1n) is 10.5. The van der Waals surface area contributed by atoms with Crippen LogP contribution < -0.4 is 5.32 Å². The highest BCUT2D eigenvalue weighted by Gasteiger charge is 2.16. The highest BCUT2D eigenvalue weighted by molar-refractivity contribution is 8.00. The zero-order valence-electron chi connectivity index (χ0n) is 18.0. The van der Waals surface area contributed by atoms with Crippen molar-refractivity contribution in [2.45, 2.75) is 48.1 Å². The largest absolute Gasteiger partial charge is 0.353 e. The predicted molar refractivity (Wildman–Crippen MR) is 133 cm³/mol. The van der Waals surface area contributed by atoms with Crippen LogP contribution in [0.15, 0.2) is 64.1 Å². The van der Waals surface area contributed by atoms with Gasteiger partial charge in [0.1, 0.15) is 5.82 Å². The number of hydrogen-bond acceptors (Lipinski definition) is 7. The molecule has 0 aliphatic heterocycles. The summed E-state index contributed by atoms with van der Waals surface area (Å²) in [5.74, 6) is 1.88. The molecule has 0 radical (unpaired) electrons. The monoisotopic (exact) mass is 483 g/mol. The first-order valence-corrected chi connectivity index (χ1v) is 13.3. The van der Waals surface area contributed by atoms with E-state index in [1.54, 1.807) is 23.1 Å². The first-order chi connectivity index (χ1) is 15.6. The van der Waals surface area contributed by atoms with Gasteiger partial charge < -0.3 is 9.88 Å². The van der Waals surface area contributed by atoms with Crippen molar-refractivity contribution in [1.29, 1.82) is 0 Å². The van der Waals surface area contributed by atoms with Gasteiger partial charge in [-0.3, -0.25) is 4.79 Å². The van der Waals surface area contributed by atoms with Crippen LogP contribution in [0.3, 0.4) is 0 Å². The van der Waals surface area contributed by atoms with E-state index in [4.69, 9.17) is 4.98 Å². The summed E-state index contributed by atoms with van der Waals surface area (Å²) in [5.41, 5.74) is 2.19. The minimum Gasteiger partial charge on any atom is -0.353 e. The third-order valence-corrected chi connectivity index (χ3v) is 8.07. The number of thiazole rings is 1. The molecule has 166 valence electrons. The molecule has 1 amide bonds. The van der Waals surface area contributed by atoms with Crippen molar-refractivity contribution in [3.8, 4) is 0 Å². The Hall–Kier alpha value is -2.36. The molecule has 2 heterocycles. The van der Waals surface area contributed by atoms with Crippen molar-refractivity contribution in [2.24, 2.45) is 0 Å². The van der Waals surface area contributed by atoms with Crippen molar-refractivity contribution in [2.75, 3.05) is 5.75 Å². The number of hydrogen-bond donors (Lipinski definition) is 1. The molecule has 6 nitrogen and oxygen atoms in total. The van der Waals surface area contributed by atoms with E-state index >= 15 is 0 Å². The molecule has 0 saturated carbocycles. The van der Waals surface area contributed by atoms with Crippen molar-refractivity contribution >= 4 is 51.0 Å². The molecule has 1 N–H and O–H groups in total. The topological polar surface area (TPSA) is 72.7 Å². The number of amides is 1. The van der Waals surface area contributed by atoms with E-state index in [1.165, 1.54) is 22.0 Å². The van der Waals surface area contributed by atoms with Gasteiger partial charge in [-0.25, -0.2) is 4.98 Å². The van der Waals surface area contributed by atoms with Crippen LogP contribution >= 0.6 is 34.9 Å². The van der Waals surface area contributed by atoms with Crippen molar-refractivity contribution in [3.63, 3.8) is 0 Å². The standard InChI is InChI=1S/C23H25N5OS3/c1-3-16(2)24-21(29)15-30-22-27-26-20(28(22)13-17-9-5-4-6-10-17)14-31-23-25-18-11-7-8-12-19(18)32-23/h4-12,16H,3,13-15H2,1-2H3,(H,24,29). The van der Waals surface area contributed by atoms with Crippen LogP contribution in [0.2, 0.25) is 0 Å².